The molecule has 2 aromatic rings. The topological polar surface area (TPSA) is 80.4 Å². The Morgan fingerprint density at radius 1 is 1.24 bits per heavy atom. The molecule has 2 rings (SSSR count). The SMILES string of the molecule is CN(C)c1ccc(C(=O)Nc2ccc(=O)n(C)c2)cc1N. The molecule has 0 aliphatic carbocycles. The molecule has 1 aromatic carbocycles. The lowest BCUT2D eigenvalue weighted by Gasteiger charge is -2.16. The second-order valence-corrected chi connectivity index (χ2v) is 4.99. The van der Waals surface area contributed by atoms with Crippen molar-refractivity contribution in [2.75, 3.05) is 30.0 Å². The van der Waals surface area contributed by atoms with E-state index in [-0.39, 0.29) is 11.5 Å². The number of nitrogens with zero attached hydrogens (tertiary/aromatic N) is 2. The number of pyridine rings is 1. The summed E-state index contributed by atoms with van der Waals surface area (Å²) in [7, 11) is 5.40. The van der Waals surface area contributed by atoms with Crippen LogP contribution in [-0.2, 0) is 7.05 Å². The fourth-order valence-corrected chi connectivity index (χ4v) is 1.97. The molecule has 6 heteroatoms. The molecular weight excluding hydrogens is 268 g/mol. The number of hydrogen-bond acceptors (Lipinski definition) is 4. The molecule has 1 heterocycles. The van der Waals surface area contributed by atoms with Gasteiger partial charge in [-0.2, -0.15) is 0 Å². The molecule has 0 spiro atoms. The van der Waals surface area contributed by atoms with E-state index >= 15 is 0 Å². The van der Waals surface area contributed by atoms with Crippen LogP contribution >= 0.6 is 0 Å². The first-order valence-corrected chi connectivity index (χ1v) is 6.43. The van der Waals surface area contributed by atoms with E-state index in [0.717, 1.165) is 5.69 Å². The molecule has 110 valence electrons. The number of anilines is 3. The fraction of sp³-hybridized carbons (Fsp3) is 0.200. The van der Waals surface area contributed by atoms with Crippen molar-refractivity contribution in [3.8, 4) is 0 Å². The number of rotatable bonds is 3. The standard InChI is InChI=1S/C15H18N4O2/c1-18(2)13-6-4-10(8-12(13)16)15(21)17-11-5-7-14(20)19(3)9-11/h4-9H,16H2,1-3H3,(H,17,21). The summed E-state index contributed by atoms with van der Waals surface area (Å²) >= 11 is 0. The van der Waals surface area contributed by atoms with Gasteiger partial charge in [-0.15, -0.1) is 0 Å². The highest BCUT2D eigenvalue weighted by atomic mass is 16.1. The number of aromatic nitrogens is 1. The summed E-state index contributed by atoms with van der Waals surface area (Å²) in [6, 6.07) is 8.11. The van der Waals surface area contributed by atoms with Gasteiger partial charge in [0.15, 0.2) is 0 Å². The van der Waals surface area contributed by atoms with Crippen LogP contribution in [-0.4, -0.2) is 24.6 Å². The Morgan fingerprint density at radius 2 is 1.95 bits per heavy atom. The zero-order chi connectivity index (χ0) is 15.6. The third-order valence-corrected chi connectivity index (χ3v) is 3.12. The minimum atomic E-state index is -0.273. The lowest BCUT2D eigenvalue weighted by molar-refractivity contribution is 0.102. The van der Waals surface area contributed by atoms with Crippen LogP contribution in [0.5, 0.6) is 0 Å². The molecule has 0 aliphatic rings. The van der Waals surface area contributed by atoms with Gasteiger partial charge in [0.25, 0.3) is 5.91 Å². The Hall–Kier alpha value is -2.76. The third-order valence-electron chi connectivity index (χ3n) is 3.12. The van der Waals surface area contributed by atoms with Crippen LogP contribution in [0.4, 0.5) is 17.1 Å². The predicted octanol–water partition coefficient (Wildman–Crippen LogP) is 1.29. The second-order valence-electron chi connectivity index (χ2n) is 4.99. The number of carbonyl (C=O) groups is 1. The molecule has 0 fully saturated rings. The molecule has 0 saturated carbocycles. The molecule has 0 atom stereocenters. The van der Waals surface area contributed by atoms with E-state index in [1.54, 1.807) is 37.5 Å². The third kappa shape index (κ3) is 3.22. The average Bonchev–Trinajstić information content (AvgIpc) is 2.42. The average molecular weight is 286 g/mol. The van der Waals surface area contributed by atoms with Crippen molar-refractivity contribution in [3.05, 3.63) is 52.4 Å². The van der Waals surface area contributed by atoms with Crippen LogP contribution in [0.1, 0.15) is 10.4 Å². The molecule has 0 aliphatic heterocycles. The zero-order valence-electron chi connectivity index (χ0n) is 12.3. The molecule has 0 saturated heterocycles. The summed E-state index contributed by atoms with van der Waals surface area (Å²) in [5.41, 5.74) is 8.21. The molecule has 0 unspecified atom stereocenters. The van der Waals surface area contributed by atoms with E-state index in [1.165, 1.54) is 10.6 Å². The lowest BCUT2D eigenvalue weighted by atomic mass is 10.1. The van der Waals surface area contributed by atoms with Crippen LogP contribution in [0.15, 0.2) is 41.3 Å². The minimum Gasteiger partial charge on any atom is -0.397 e. The summed E-state index contributed by atoms with van der Waals surface area (Å²) in [6.45, 7) is 0. The zero-order valence-corrected chi connectivity index (χ0v) is 12.3. The van der Waals surface area contributed by atoms with Gasteiger partial charge in [0, 0.05) is 39.0 Å². The molecule has 1 aromatic heterocycles. The summed E-state index contributed by atoms with van der Waals surface area (Å²) in [4.78, 5) is 25.4. The number of nitrogens with one attached hydrogen (secondary N) is 1. The molecule has 1 amide bonds. The largest absolute Gasteiger partial charge is 0.397 e. The van der Waals surface area contributed by atoms with Gasteiger partial charge in [0.05, 0.1) is 17.1 Å². The monoisotopic (exact) mass is 286 g/mol. The quantitative estimate of drug-likeness (QED) is 0.833. The van der Waals surface area contributed by atoms with E-state index in [1.807, 2.05) is 19.0 Å². The van der Waals surface area contributed by atoms with Crippen LogP contribution < -0.4 is 21.5 Å². The summed E-state index contributed by atoms with van der Waals surface area (Å²) in [5, 5.41) is 2.73. The van der Waals surface area contributed by atoms with Gasteiger partial charge >= 0.3 is 0 Å². The van der Waals surface area contributed by atoms with E-state index in [9.17, 15) is 9.59 Å². The van der Waals surface area contributed by atoms with Crippen molar-refractivity contribution < 1.29 is 4.79 Å². The summed E-state index contributed by atoms with van der Waals surface area (Å²) in [6.07, 6.45) is 1.57. The van der Waals surface area contributed by atoms with Crippen molar-refractivity contribution in [2.45, 2.75) is 0 Å². The highest BCUT2D eigenvalue weighted by Crippen LogP contribution is 2.22. The van der Waals surface area contributed by atoms with Crippen molar-refractivity contribution in [3.63, 3.8) is 0 Å². The van der Waals surface area contributed by atoms with E-state index in [2.05, 4.69) is 5.32 Å². The Balaban J connectivity index is 2.22. The maximum atomic E-state index is 12.2. The Kier molecular flexibility index (Phi) is 3.98. The predicted molar refractivity (Wildman–Crippen MR) is 84.8 cm³/mol. The van der Waals surface area contributed by atoms with Crippen LogP contribution in [0.2, 0.25) is 0 Å². The number of carbonyl (C=O) groups excluding carboxylic acids is 1. The van der Waals surface area contributed by atoms with Crippen LogP contribution in [0.25, 0.3) is 0 Å². The van der Waals surface area contributed by atoms with E-state index in [4.69, 9.17) is 5.73 Å². The Labute approximate surface area is 122 Å². The second kappa shape index (κ2) is 5.70. The van der Waals surface area contributed by atoms with Gasteiger partial charge in [-0.05, 0) is 24.3 Å². The normalized spacial score (nSPS) is 10.2. The van der Waals surface area contributed by atoms with Gasteiger partial charge in [-0.1, -0.05) is 0 Å². The number of aryl methyl sites for hydroxylation is 1. The fourth-order valence-electron chi connectivity index (χ4n) is 1.97. The van der Waals surface area contributed by atoms with Gasteiger partial charge in [-0.3, -0.25) is 9.59 Å². The maximum absolute atomic E-state index is 12.2. The minimum absolute atomic E-state index is 0.132. The molecule has 21 heavy (non-hydrogen) atoms. The first-order chi connectivity index (χ1) is 9.88. The van der Waals surface area contributed by atoms with Crippen molar-refractivity contribution in [1.82, 2.24) is 4.57 Å². The van der Waals surface area contributed by atoms with Gasteiger partial charge in [0.1, 0.15) is 0 Å². The summed E-state index contributed by atoms with van der Waals surface area (Å²) < 4.78 is 1.40. The maximum Gasteiger partial charge on any atom is 0.255 e. The first kappa shape index (κ1) is 14.6. The van der Waals surface area contributed by atoms with Gasteiger partial charge < -0.3 is 20.5 Å². The molecular formula is C15H18N4O2. The van der Waals surface area contributed by atoms with Crippen molar-refractivity contribution in [2.24, 2.45) is 7.05 Å². The highest BCUT2D eigenvalue weighted by molar-refractivity contribution is 6.05. The number of hydrogen-bond donors (Lipinski definition) is 2. The Morgan fingerprint density at radius 3 is 2.52 bits per heavy atom. The van der Waals surface area contributed by atoms with Gasteiger partial charge in [0.2, 0.25) is 5.56 Å². The van der Waals surface area contributed by atoms with Crippen LogP contribution in [0, 0.1) is 0 Å². The molecule has 0 radical (unpaired) electrons. The van der Waals surface area contributed by atoms with Gasteiger partial charge in [-0.25, -0.2) is 0 Å². The molecule has 0 bridgehead atoms. The highest BCUT2D eigenvalue weighted by Gasteiger charge is 2.10. The lowest BCUT2D eigenvalue weighted by Crippen LogP contribution is -2.18. The number of benzene rings is 1. The van der Waals surface area contributed by atoms with E-state index in [0.29, 0.717) is 16.9 Å². The summed E-state index contributed by atoms with van der Waals surface area (Å²) in [5.74, 6) is -0.273. The Bertz CT molecular complexity index is 735. The van der Waals surface area contributed by atoms with Crippen molar-refractivity contribution >= 4 is 23.0 Å². The van der Waals surface area contributed by atoms with Crippen molar-refractivity contribution in [1.29, 1.82) is 0 Å². The molecule has 6 nitrogen and oxygen atoms in total. The van der Waals surface area contributed by atoms with Crippen LogP contribution in [0.3, 0.4) is 0 Å². The number of nitrogen functional groups attached to an aromatic ring is 1. The smallest absolute Gasteiger partial charge is 0.255 e. The first-order valence-electron chi connectivity index (χ1n) is 6.43. The number of amides is 1. The van der Waals surface area contributed by atoms with E-state index < -0.39 is 0 Å². The molecule has 3 N–H and O–H groups in total. The number of nitrogens with two attached hydrogens (primary N) is 1.